The van der Waals surface area contributed by atoms with Crippen molar-refractivity contribution in [2.45, 2.75) is 291 Å². The molecular formula is C74H112O34. The Kier molecular flexibility index (Phi) is 25.1. The minimum atomic E-state index is -2.08. The summed E-state index contributed by atoms with van der Waals surface area (Å²) in [6, 6.07) is 4.33. The number of benzene rings is 1. The third kappa shape index (κ3) is 15.1. The molecular weight excluding hydrogens is 1430 g/mol. The number of rotatable bonds is 20. The second-order valence-electron chi connectivity index (χ2n) is 33.5. The lowest BCUT2D eigenvalue weighted by Gasteiger charge is -2.71. The van der Waals surface area contributed by atoms with Gasteiger partial charge in [0.25, 0.3) is 0 Å². The molecule has 1 aromatic carbocycles. The number of esters is 2. The number of carbonyl (C=O) groups is 2. The molecule has 612 valence electrons. The normalized spacial score (nSPS) is 49.6. The molecule has 6 heterocycles. The van der Waals surface area contributed by atoms with Crippen LogP contribution in [0.4, 0.5) is 0 Å². The molecule has 6 aliphatic heterocycles. The van der Waals surface area contributed by atoms with Crippen LogP contribution in [0.25, 0.3) is 6.08 Å². The van der Waals surface area contributed by atoms with E-state index < -0.39 is 239 Å². The van der Waals surface area contributed by atoms with Gasteiger partial charge >= 0.3 is 11.9 Å². The highest BCUT2D eigenvalue weighted by Crippen LogP contribution is 2.76. The Labute approximate surface area is 624 Å². The average molecular weight is 1550 g/mol. The summed E-state index contributed by atoms with van der Waals surface area (Å²) in [5.74, 6) is -1.78. The maximum Gasteiger partial charge on any atom is 0.330 e. The molecule has 34 nitrogen and oxygen atoms in total. The van der Waals surface area contributed by atoms with Gasteiger partial charge in [0.1, 0.15) is 135 Å². The molecule has 0 radical (unpaired) electrons. The minimum absolute atomic E-state index is 0.0878. The molecule has 0 unspecified atom stereocenters. The molecule has 0 bridgehead atoms. The number of hydrogen-bond acceptors (Lipinski definition) is 34. The van der Waals surface area contributed by atoms with E-state index in [9.17, 15) is 102 Å². The van der Waals surface area contributed by atoms with Crippen molar-refractivity contribution in [3.63, 3.8) is 0 Å². The van der Waals surface area contributed by atoms with Gasteiger partial charge in [0.15, 0.2) is 42.9 Å². The van der Waals surface area contributed by atoms with Gasteiger partial charge in [-0.05, 0) is 134 Å². The molecule has 108 heavy (non-hydrogen) atoms. The van der Waals surface area contributed by atoms with E-state index in [1.807, 2.05) is 6.92 Å². The molecule has 34 heteroatoms. The fourth-order valence-electron chi connectivity index (χ4n) is 20.0. The summed E-state index contributed by atoms with van der Waals surface area (Å²) in [6.07, 6.45) is -38.6. The number of phenols is 1. The zero-order valence-electron chi connectivity index (χ0n) is 61.8. The second kappa shape index (κ2) is 32.4. The number of carbonyl (C=O) groups excluding carboxylic acids is 2. The highest BCUT2D eigenvalue weighted by atomic mass is 16.8. The summed E-state index contributed by atoms with van der Waals surface area (Å²) < 4.78 is 82.0. The third-order valence-corrected chi connectivity index (χ3v) is 26.8. The smallest absolute Gasteiger partial charge is 0.330 e. The fraction of sp³-hybridized carbons (Fsp3) is 0.838. The first-order valence-corrected chi connectivity index (χ1v) is 37.6. The van der Waals surface area contributed by atoms with Crippen LogP contribution in [0.15, 0.2) is 35.9 Å². The van der Waals surface area contributed by atoms with Crippen LogP contribution in [-0.2, 0) is 71.2 Å². The van der Waals surface area contributed by atoms with Crippen LogP contribution in [0.2, 0.25) is 0 Å². The van der Waals surface area contributed by atoms with E-state index in [-0.39, 0.29) is 52.1 Å². The Morgan fingerprint density at radius 2 is 1.18 bits per heavy atom. The Morgan fingerprint density at radius 1 is 0.565 bits per heavy atom. The molecule has 12 rings (SSSR count). The standard InChI is InChI=1S/C74H112O34/c1-31-46(81)60(106-62-54(89)50(85)41(29-98-62)102-63-57(92)53(88)59(39(26-76)101-63)105-64-55(90)52(87)49(84)40(103-64)28-96-45(80)14-10-32-9-12-37(95-8)35(78)23-32)58(93)66(99-31)107-61-47(82)36(79)27-97-67(61)104-44-16-17-70(4)42(71(44,5)30-77)15-18-73(7)43(70)13-11-33-34-24-69(2,3)19-21-74(34,22-20-72(33,73)6)68(94)108-65-56(91)51(86)48(83)38(25-75)100-65/h9-12,14,23,31,34,36,38-44,46-67,75-79,81-93H,13,15-22,24-30H2,1-8H3/b14-10+/t31-,34-,36+,38+,39+,40+,41+,42+,43+,44-,46-,47+,48+,49+,50+,51-,52-,53+,54+,55+,56+,57+,58+,59+,60+,61-,62-,63-,64-,65-,66-,67-,70-,71-,72+,73+,74-/m0/s1. The van der Waals surface area contributed by atoms with Gasteiger partial charge in [-0.3, -0.25) is 4.79 Å². The zero-order valence-corrected chi connectivity index (χ0v) is 61.8. The van der Waals surface area contributed by atoms with E-state index in [2.05, 4.69) is 40.7 Å². The summed E-state index contributed by atoms with van der Waals surface area (Å²) in [4.78, 5) is 27.5. The second-order valence-corrected chi connectivity index (χ2v) is 33.5. The predicted octanol–water partition coefficient (Wildman–Crippen LogP) is -3.13. The number of hydrogen-bond donors (Lipinski definition) is 18. The summed E-state index contributed by atoms with van der Waals surface area (Å²) in [5.41, 5.74) is -1.56. The number of fused-ring (bicyclic) bond motifs is 7. The summed E-state index contributed by atoms with van der Waals surface area (Å²) in [7, 11) is 1.36. The Balaban J connectivity index is 0.667. The van der Waals surface area contributed by atoms with Crippen LogP contribution in [-0.4, -0.2) is 329 Å². The third-order valence-electron chi connectivity index (χ3n) is 26.8. The van der Waals surface area contributed by atoms with Crippen LogP contribution in [0.3, 0.4) is 0 Å². The summed E-state index contributed by atoms with van der Waals surface area (Å²) in [5, 5.41) is 199. The molecule has 18 N–H and O–H groups in total. The molecule has 37 atom stereocenters. The van der Waals surface area contributed by atoms with Crippen molar-refractivity contribution in [3.05, 3.63) is 41.5 Å². The SMILES string of the molecule is COc1ccc(/C=C/C(=O)OC[C@H]2O[C@@H](O[C@H]3[C@H](O)[C@@H](O)[C@H](O[C@@H]4CO[C@@H](O[C@@H]5[C@@H](O)[C@H](C)O[C@@H](O[C@@H]6[C@H](O[C@H]7CC[C@@]8(C)[C@@H](CC[C@]9(C)[C@@H]8CC=C8[C@@H]%10CC(C)(C)CC[C@]%10(C(=O)O[C@@H]%10O[C@H](CO)[C@@H](O)[C@H](O)[C@H]%10O)CC[C@]89C)[C@]7(C)CO)OC[C@@H](O)[C@H]6O)[C@@H]5O)[C@H](O)[C@@H]4O)O[C@@H]3CO)[C@H](O)[C@@H](O)[C@@H]2O)cc1O. The van der Waals surface area contributed by atoms with E-state index in [0.717, 1.165) is 18.9 Å². The van der Waals surface area contributed by atoms with E-state index in [0.29, 0.717) is 56.9 Å². The van der Waals surface area contributed by atoms with Gasteiger partial charge in [-0.2, -0.15) is 0 Å². The van der Waals surface area contributed by atoms with Gasteiger partial charge in [-0.25, -0.2) is 4.79 Å². The van der Waals surface area contributed by atoms with Gasteiger partial charge in [0.05, 0.1) is 57.8 Å². The van der Waals surface area contributed by atoms with Gasteiger partial charge in [-0.1, -0.05) is 59.3 Å². The fourth-order valence-corrected chi connectivity index (χ4v) is 20.0. The van der Waals surface area contributed by atoms with E-state index in [1.54, 1.807) is 6.07 Å². The monoisotopic (exact) mass is 1540 g/mol. The first kappa shape index (κ1) is 83.5. The van der Waals surface area contributed by atoms with Crippen LogP contribution < -0.4 is 4.74 Å². The van der Waals surface area contributed by atoms with Crippen molar-refractivity contribution in [3.8, 4) is 11.5 Å². The van der Waals surface area contributed by atoms with E-state index >= 15 is 0 Å². The van der Waals surface area contributed by atoms with Crippen LogP contribution in [0, 0.1) is 50.2 Å². The minimum Gasteiger partial charge on any atom is -0.504 e. The molecule has 1 aromatic rings. The molecule has 0 amide bonds. The summed E-state index contributed by atoms with van der Waals surface area (Å²) >= 11 is 0. The van der Waals surface area contributed by atoms with Gasteiger partial charge < -0.3 is 158 Å². The molecule has 0 spiro atoms. The Hall–Kier alpha value is -3.88. The number of ether oxygens (including phenoxy) is 14. The summed E-state index contributed by atoms with van der Waals surface area (Å²) in [6.45, 7) is 11.1. The first-order valence-electron chi connectivity index (χ1n) is 37.6. The van der Waals surface area contributed by atoms with Gasteiger partial charge in [-0.15, -0.1) is 0 Å². The number of methoxy groups -OCH3 is 1. The number of allylic oxidation sites excluding steroid dienone is 2. The van der Waals surface area contributed by atoms with Crippen molar-refractivity contribution < 1.29 is 168 Å². The van der Waals surface area contributed by atoms with Gasteiger partial charge in [0, 0.05) is 11.5 Å². The lowest BCUT2D eigenvalue weighted by Crippen LogP contribution is -2.67. The molecule has 4 saturated carbocycles. The van der Waals surface area contributed by atoms with E-state index in [4.69, 9.17) is 66.3 Å². The van der Waals surface area contributed by atoms with Crippen molar-refractivity contribution in [1.29, 1.82) is 0 Å². The lowest BCUT2D eigenvalue weighted by atomic mass is 9.33. The molecule has 6 saturated heterocycles. The van der Waals surface area contributed by atoms with Crippen molar-refractivity contribution >= 4 is 18.0 Å². The number of phenolic OH excluding ortho intramolecular Hbond substituents is 1. The Bertz CT molecular complexity index is 3330. The molecule has 0 aromatic heterocycles. The zero-order chi connectivity index (χ0) is 78.4. The van der Waals surface area contributed by atoms with E-state index in [1.165, 1.54) is 37.8 Å². The largest absolute Gasteiger partial charge is 0.504 e. The number of aromatic hydroxyl groups is 1. The van der Waals surface area contributed by atoms with Crippen LogP contribution >= 0.6 is 0 Å². The van der Waals surface area contributed by atoms with Crippen LogP contribution in [0.5, 0.6) is 11.5 Å². The van der Waals surface area contributed by atoms with Crippen LogP contribution in [0.1, 0.15) is 118 Å². The van der Waals surface area contributed by atoms with Crippen molar-refractivity contribution in [2.75, 3.05) is 46.8 Å². The maximum atomic E-state index is 14.9. The number of aliphatic hydroxyl groups excluding tert-OH is 17. The molecule has 10 fully saturated rings. The molecule has 11 aliphatic rings. The van der Waals surface area contributed by atoms with Crippen molar-refractivity contribution in [1.82, 2.24) is 0 Å². The Morgan fingerprint density at radius 3 is 1.86 bits per heavy atom. The topological polar surface area (TPSA) is 528 Å². The van der Waals surface area contributed by atoms with Gasteiger partial charge in [0.2, 0.25) is 6.29 Å². The predicted molar refractivity (Wildman–Crippen MR) is 364 cm³/mol. The lowest BCUT2D eigenvalue weighted by molar-refractivity contribution is -0.386. The highest BCUT2D eigenvalue weighted by Gasteiger charge is 2.71. The van der Waals surface area contributed by atoms with Crippen molar-refractivity contribution in [2.24, 2.45) is 50.2 Å². The quantitative estimate of drug-likeness (QED) is 0.0266. The maximum absolute atomic E-state index is 14.9. The molecule has 5 aliphatic carbocycles. The highest BCUT2D eigenvalue weighted by molar-refractivity contribution is 5.87. The first-order chi connectivity index (χ1) is 50.9. The number of aliphatic hydroxyl groups is 17. The average Bonchev–Trinajstić information content (AvgIpc) is 0.674.